The summed E-state index contributed by atoms with van der Waals surface area (Å²) >= 11 is 6.05. The summed E-state index contributed by atoms with van der Waals surface area (Å²) in [7, 11) is 0. The monoisotopic (exact) mass is 277 g/mol. The van der Waals surface area contributed by atoms with Gasteiger partial charge in [0, 0.05) is 28.7 Å². The lowest BCUT2D eigenvalue weighted by molar-refractivity contribution is 0.624. The van der Waals surface area contributed by atoms with Crippen molar-refractivity contribution in [2.24, 2.45) is 0 Å². The fourth-order valence-corrected chi connectivity index (χ4v) is 2.33. The van der Waals surface area contributed by atoms with E-state index in [4.69, 9.17) is 11.6 Å². The van der Waals surface area contributed by atoms with Crippen LogP contribution in [0.5, 0.6) is 0 Å². The van der Waals surface area contributed by atoms with Gasteiger partial charge in [0.2, 0.25) is 0 Å². The first-order valence-electron chi connectivity index (χ1n) is 5.82. The molecule has 0 spiro atoms. The molecule has 0 N–H and O–H groups in total. The molecule has 1 heterocycles. The minimum atomic E-state index is -0.318. The Hall–Kier alpha value is -1.87. The highest BCUT2D eigenvalue weighted by atomic mass is 35.5. The van der Waals surface area contributed by atoms with Gasteiger partial charge in [0.25, 0.3) is 0 Å². The van der Waals surface area contributed by atoms with Crippen LogP contribution in [0, 0.1) is 11.6 Å². The lowest BCUT2D eigenvalue weighted by Gasteiger charge is -2.08. The van der Waals surface area contributed by atoms with E-state index in [1.807, 2.05) is 16.8 Å². The SMILES string of the molecule is Fc1ccc(Cl)c(Cn2ccc3cc(F)ccc32)c1. The molecule has 2 aromatic carbocycles. The maximum atomic E-state index is 13.2. The molecule has 0 aliphatic carbocycles. The maximum Gasteiger partial charge on any atom is 0.123 e. The molecule has 0 aliphatic rings. The van der Waals surface area contributed by atoms with E-state index < -0.39 is 0 Å². The largest absolute Gasteiger partial charge is 0.343 e. The van der Waals surface area contributed by atoms with Crippen LogP contribution in [0.1, 0.15) is 5.56 Å². The average molecular weight is 278 g/mol. The van der Waals surface area contributed by atoms with E-state index in [0.717, 1.165) is 10.9 Å². The lowest BCUT2D eigenvalue weighted by Crippen LogP contribution is -1.99. The van der Waals surface area contributed by atoms with E-state index >= 15 is 0 Å². The molecule has 0 fully saturated rings. The van der Waals surface area contributed by atoms with Gasteiger partial charge in [-0.25, -0.2) is 8.78 Å². The normalized spacial score (nSPS) is 11.1. The third-order valence-corrected chi connectivity index (χ3v) is 3.45. The quantitative estimate of drug-likeness (QED) is 0.644. The number of hydrogen-bond donors (Lipinski definition) is 0. The summed E-state index contributed by atoms with van der Waals surface area (Å²) in [5.41, 5.74) is 1.59. The second kappa shape index (κ2) is 4.67. The molecule has 1 nitrogen and oxygen atoms in total. The van der Waals surface area contributed by atoms with Gasteiger partial charge in [0.1, 0.15) is 11.6 Å². The minimum absolute atomic E-state index is 0.269. The molecule has 19 heavy (non-hydrogen) atoms. The topological polar surface area (TPSA) is 4.93 Å². The zero-order valence-electron chi connectivity index (χ0n) is 9.91. The standard InChI is InChI=1S/C15H10ClF2N/c16-14-3-1-12(17)8-11(14)9-19-6-5-10-7-13(18)2-4-15(10)19/h1-8H,9H2. The van der Waals surface area contributed by atoms with Gasteiger partial charge >= 0.3 is 0 Å². The van der Waals surface area contributed by atoms with E-state index in [-0.39, 0.29) is 11.6 Å². The summed E-state index contributed by atoms with van der Waals surface area (Å²) in [6.45, 7) is 0.450. The van der Waals surface area contributed by atoms with Crippen molar-refractivity contribution in [3.8, 4) is 0 Å². The molecule has 4 heteroatoms. The third-order valence-electron chi connectivity index (χ3n) is 3.08. The Balaban J connectivity index is 2.03. The Kier molecular flexibility index (Phi) is 2.99. The van der Waals surface area contributed by atoms with Gasteiger partial charge in [0.05, 0.1) is 0 Å². The molecule has 0 unspecified atom stereocenters. The molecule has 0 saturated heterocycles. The Morgan fingerprint density at radius 2 is 1.68 bits per heavy atom. The maximum absolute atomic E-state index is 13.2. The van der Waals surface area contributed by atoms with Crippen LogP contribution in [-0.2, 0) is 6.54 Å². The van der Waals surface area contributed by atoms with Crippen molar-refractivity contribution in [1.29, 1.82) is 0 Å². The van der Waals surface area contributed by atoms with Crippen molar-refractivity contribution in [1.82, 2.24) is 4.57 Å². The minimum Gasteiger partial charge on any atom is -0.343 e. The van der Waals surface area contributed by atoms with Crippen LogP contribution in [0.25, 0.3) is 10.9 Å². The average Bonchev–Trinajstić information content (AvgIpc) is 2.76. The number of fused-ring (bicyclic) bond motifs is 1. The van der Waals surface area contributed by atoms with Crippen LogP contribution in [-0.4, -0.2) is 4.57 Å². The molecule has 0 aliphatic heterocycles. The fraction of sp³-hybridized carbons (Fsp3) is 0.0667. The summed E-state index contributed by atoms with van der Waals surface area (Å²) in [6, 6.07) is 10.7. The molecule has 3 aromatic rings. The number of rotatable bonds is 2. The second-order valence-electron chi connectivity index (χ2n) is 4.38. The van der Waals surface area contributed by atoms with Crippen LogP contribution >= 0.6 is 11.6 Å². The van der Waals surface area contributed by atoms with Gasteiger partial charge < -0.3 is 4.57 Å². The van der Waals surface area contributed by atoms with Crippen LogP contribution in [0.15, 0.2) is 48.7 Å². The summed E-state index contributed by atoms with van der Waals surface area (Å²) in [4.78, 5) is 0. The van der Waals surface area contributed by atoms with E-state index in [1.54, 1.807) is 6.07 Å². The molecule has 3 rings (SSSR count). The van der Waals surface area contributed by atoms with Crippen molar-refractivity contribution in [3.63, 3.8) is 0 Å². The van der Waals surface area contributed by atoms with E-state index in [2.05, 4.69) is 0 Å². The van der Waals surface area contributed by atoms with Gasteiger partial charge in [-0.05, 0) is 48.0 Å². The molecular weight excluding hydrogens is 268 g/mol. The number of aromatic nitrogens is 1. The molecule has 0 atom stereocenters. The first-order chi connectivity index (χ1) is 9.13. The van der Waals surface area contributed by atoms with Crippen LogP contribution in [0.3, 0.4) is 0 Å². The third kappa shape index (κ3) is 2.34. The molecule has 0 bridgehead atoms. The van der Waals surface area contributed by atoms with E-state index in [0.29, 0.717) is 17.1 Å². The zero-order valence-corrected chi connectivity index (χ0v) is 10.7. The van der Waals surface area contributed by atoms with Crippen molar-refractivity contribution >= 4 is 22.5 Å². The molecule has 0 amide bonds. The van der Waals surface area contributed by atoms with Gasteiger partial charge in [-0.3, -0.25) is 0 Å². The number of hydrogen-bond acceptors (Lipinski definition) is 0. The predicted octanol–water partition coefficient (Wildman–Crippen LogP) is 4.62. The first-order valence-corrected chi connectivity index (χ1v) is 6.19. The molecular formula is C15H10ClF2N. The van der Waals surface area contributed by atoms with Gasteiger partial charge in [-0.2, -0.15) is 0 Å². The van der Waals surface area contributed by atoms with Crippen molar-refractivity contribution in [2.45, 2.75) is 6.54 Å². The lowest BCUT2D eigenvalue weighted by atomic mass is 10.2. The summed E-state index contributed by atoms with van der Waals surface area (Å²) in [6.07, 6.45) is 1.84. The van der Waals surface area contributed by atoms with E-state index in [1.165, 1.54) is 30.3 Å². The molecule has 96 valence electrons. The Bertz CT molecular complexity index is 749. The van der Waals surface area contributed by atoms with Crippen LogP contribution < -0.4 is 0 Å². The number of nitrogens with zero attached hydrogens (tertiary/aromatic N) is 1. The number of halogens is 3. The second-order valence-corrected chi connectivity index (χ2v) is 4.79. The molecule has 0 saturated carbocycles. The van der Waals surface area contributed by atoms with Gasteiger partial charge in [-0.1, -0.05) is 11.6 Å². The predicted molar refractivity (Wildman–Crippen MR) is 72.4 cm³/mol. The van der Waals surface area contributed by atoms with Gasteiger partial charge in [-0.15, -0.1) is 0 Å². The number of benzene rings is 2. The highest BCUT2D eigenvalue weighted by Gasteiger charge is 2.06. The molecule has 0 radical (unpaired) electrons. The van der Waals surface area contributed by atoms with Crippen molar-refractivity contribution in [2.75, 3.05) is 0 Å². The van der Waals surface area contributed by atoms with Crippen molar-refractivity contribution in [3.05, 3.63) is 70.9 Å². The first kappa shape index (κ1) is 12.2. The Morgan fingerprint density at radius 3 is 2.53 bits per heavy atom. The summed E-state index contributed by atoms with van der Waals surface area (Å²) in [5.74, 6) is -0.587. The molecule has 1 aromatic heterocycles. The van der Waals surface area contributed by atoms with Crippen molar-refractivity contribution < 1.29 is 8.78 Å². The van der Waals surface area contributed by atoms with Gasteiger partial charge in [0.15, 0.2) is 0 Å². The van der Waals surface area contributed by atoms with Crippen LogP contribution in [0.2, 0.25) is 5.02 Å². The Labute approximate surface area is 114 Å². The zero-order chi connectivity index (χ0) is 13.4. The van der Waals surface area contributed by atoms with Crippen LogP contribution in [0.4, 0.5) is 8.78 Å². The fourth-order valence-electron chi connectivity index (χ4n) is 2.16. The summed E-state index contributed by atoms with van der Waals surface area (Å²) in [5, 5.41) is 1.33. The smallest absolute Gasteiger partial charge is 0.123 e. The highest BCUT2D eigenvalue weighted by molar-refractivity contribution is 6.31. The summed E-state index contributed by atoms with van der Waals surface area (Å²) < 4.78 is 28.2. The van der Waals surface area contributed by atoms with E-state index in [9.17, 15) is 8.78 Å². The highest BCUT2D eigenvalue weighted by Crippen LogP contribution is 2.22. The Morgan fingerprint density at radius 1 is 0.947 bits per heavy atom.